The van der Waals surface area contributed by atoms with Crippen molar-refractivity contribution in [2.75, 3.05) is 31.6 Å². The van der Waals surface area contributed by atoms with E-state index in [0.717, 1.165) is 43.1 Å². The van der Waals surface area contributed by atoms with E-state index >= 15 is 0 Å². The molecule has 7 nitrogen and oxygen atoms in total. The molecule has 3 aromatic rings. The van der Waals surface area contributed by atoms with E-state index in [-0.39, 0.29) is 5.91 Å². The van der Waals surface area contributed by atoms with E-state index in [1.165, 1.54) is 5.69 Å². The van der Waals surface area contributed by atoms with Crippen molar-refractivity contribution in [2.45, 2.75) is 19.8 Å². The number of aryl methyl sites for hydroxylation is 1. The number of benzene rings is 2. The molecule has 0 N–H and O–H groups in total. The molecule has 1 fully saturated rings. The number of likely N-dealkylation sites (N-methyl/N-ethyl adjacent to an activating group) is 1. The van der Waals surface area contributed by atoms with Gasteiger partial charge in [-0.2, -0.15) is 4.68 Å². The minimum atomic E-state index is 0.148. The summed E-state index contributed by atoms with van der Waals surface area (Å²) in [4.78, 5) is 17.0. The lowest BCUT2D eigenvalue weighted by Crippen LogP contribution is -2.34. The Labute approximate surface area is 170 Å². The zero-order chi connectivity index (χ0) is 20.2. The number of hydrogen-bond acceptors (Lipinski definition) is 5. The summed E-state index contributed by atoms with van der Waals surface area (Å²) in [7, 11) is 1.91. The Morgan fingerprint density at radius 2 is 1.86 bits per heavy atom. The molecule has 150 valence electrons. The quantitative estimate of drug-likeness (QED) is 0.647. The highest BCUT2D eigenvalue weighted by molar-refractivity contribution is 5.78. The summed E-state index contributed by atoms with van der Waals surface area (Å²) in [6, 6.07) is 18.3. The van der Waals surface area contributed by atoms with Crippen LogP contribution in [0, 0.1) is 12.8 Å². The first-order valence-corrected chi connectivity index (χ1v) is 9.98. The molecule has 2 aromatic carbocycles. The minimum absolute atomic E-state index is 0.148. The predicted octanol–water partition coefficient (Wildman–Crippen LogP) is 2.50. The summed E-state index contributed by atoms with van der Waals surface area (Å²) in [5, 5.41) is 11.5. The van der Waals surface area contributed by atoms with Crippen LogP contribution in [0.3, 0.4) is 0 Å². The zero-order valence-corrected chi connectivity index (χ0v) is 16.9. The smallest absolute Gasteiger partial charge is 0.226 e. The van der Waals surface area contributed by atoms with Gasteiger partial charge in [-0.25, -0.2) is 0 Å². The van der Waals surface area contributed by atoms with Crippen LogP contribution in [0.5, 0.6) is 0 Å². The van der Waals surface area contributed by atoms with Crippen molar-refractivity contribution in [3.63, 3.8) is 0 Å². The Kier molecular flexibility index (Phi) is 5.55. The zero-order valence-electron chi connectivity index (χ0n) is 16.9. The minimum Gasteiger partial charge on any atom is -0.371 e. The first-order valence-electron chi connectivity index (χ1n) is 9.98. The lowest BCUT2D eigenvalue weighted by Gasteiger charge is -2.23. The van der Waals surface area contributed by atoms with Gasteiger partial charge < -0.3 is 9.80 Å². The molecule has 0 saturated carbocycles. The number of amides is 1. The third kappa shape index (κ3) is 4.45. The molecular weight excluding hydrogens is 364 g/mol. The molecule has 1 aliphatic heterocycles. The van der Waals surface area contributed by atoms with Crippen molar-refractivity contribution in [3.05, 3.63) is 66.0 Å². The van der Waals surface area contributed by atoms with Gasteiger partial charge in [0, 0.05) is 32.4 Å². The molecule has 1 atom stereocenters. The maximum absolute atomic E-state index is 12.7. The van der Waals surface area contributed by atoms with Crippen LogP contribution in [0.1, 0.15) is 17.8 Å². The van der Waals surface area contributed by atoms with E-state index in [0.29, 0.717) is 12.3 Å². The number of carbonyl (C=O) groups is 1. The number of nitrogens with zero attached hydrogens (tertiary/aromatic N) is 6. The molecule has 0 spiro atoms. The molecule has 7 heteroatoms. The lowest BCUT2D eigenvalue weighted by molar-refractivity contribution is -0.129. The Morgan fingerprint density at radius 3 is 2.55 bits per heavy atom. The molecule has 1 saturated heterocycles. The van der Waals surface area contributed by atoms with Gasteiger partial charge in [-0.1, -0.05) is 30.3 Å². The SMILES string of the molecule is Cc1nnnn1-c1ccc(CC(=O)N(C)CC2CCN(c3ccccc3)C2)cc1. The average molecular weight is 390 g/mol. The predicted molar refractivity (Wildman–Crippen MR) is 112 cm³/mol. The van der Waals surface area contributed by atoms with Crippen molar-refractivity contribution in [1.82, 2.24) is 25.1 Å². The summed E-state index contributed by atoms with van der Waals surface area (Å²) in [5.74, 6) is 1.39. The number of carbonyl (C=O) groups excluding carboxylic acids is 1. The maximum atomic E-state index is 12.7. The van der Waals surface area contributed by atoms with Crippen LogP contribution >= 0.6 is 0 Å². The Morgan fingerprint density at radius 1 is 1.10 bits per heavy atom. The largest absolute Gasteiger partial charge is 0.371 e. The second kappa shape index (κ2) is 8.43. The van der Waals surface area contributed by atoms with E-state index < -0.39 is 0 Å². The topological polar surface area (TPSA) is 67.2 Å². The van der Waals surface area contributed by atoms with Crippen molar-refractivity contribution in [2.24, 2.45) is 5.92 Å². The number of hydrogen-bond donors (Lipinski definition) is 0. The molecule has 1 aliphatic rings. The summed E-state index contributed by atoms with van der Waals surface area (Å²) in [6.45, 7) is 4.70. The third-order valence-corrected chi connectivity index (χ3v) is 5.53. The molecule has 0 aliphatic carbocycles. The number of para-hydroxylation sites is 1. The van der Waals surface area contributed by atoms with Crippen LogP contribution in [0.15, 0.2) is 54.6 Å². The molecule has 1 aromatic heterocycles. The van der Waals surface area contributed by atoms with Gasteiger partial charge >= 0.3 is 0 Å². The molecule has 0 bridgehead atoms. The Hall–Kier alpha value is -3.22. The van der Waals surface area contributed by atoms with Gasteiger partial charge in [-0.05, 0) is 59.5 Å². The molecule has 29 heavy (non-hydrogen) atoms. The maximum Gasteiger partial charge on any atom is 0.226 e. The Balaban J connectivity index is 1.30. The van der Waals surface area contributed by atoms with Gasteiger partial charge in [-0.3, -0.25) is 4.79 Å². The first-order chi connectivity index (χ1) is 14.1. The highest BCUT2D eigenvalue weighted by Crippen LogP contribution is 2.24. The average Bonchev–Trinajstić information content (AvgIpc) is 3.38. The summed E-state index contributed by atoms with van der Waals surface area (Å²) >= 11 is 0. The fourth-order valence-corrected chi connectivity index (χ4v) is 3.88. The standard InChI is InChI=1S/C22H26N6O/c1-17-23-24-25-28(17)21-10-8-18(9-11-21)14-22(29)26(2)15-19-12-13-27(16-19)20-6-4-3-5-7-20/h3-11,19H,12-16H2,1-2H3. The van der Waals surface area contributed by atoms with Gasteiger partial charge in [0.2, 0.25) is 5.91 Å². The third-order valence-electron chi connectivity index (χ3n) is 5.53. The summed E-state index contributed by atoms with van der Waals surface area (Å²) in [6.07, 6.45) is 1.52. The molecule has 2 heterocycles. The van der Waals surface area contributed by atoms with Crippen molar-refractivity contribution < 1.29 is 4.79 Å². The van der Waals surface area contributed by atoms with Crippen LogP contribution in [0.2, 0.25) is 0 Å². The van der Waals surface area contributed by atoms with Gasteiger partial charge in [-0.15, -0.1) is 5.10 Å². The van der Waals surface area contributed by atoms with Crippen LogP contribution in [-0.4, -0.2) is 57.7 Å². The van der Waals surface area contributed by atoms with Crippen LogP contribution in [0.25, 0.3) is 5.69 Å². The van der Waals surface area contributed by atoms with Gasteiger partial charge in [0.25, 0.3) is 0 Å². The molecular formula is C22H26N6O. The molecule has 1 unspecified atom stereocenters. The van der Waals surface area contributed by atoms with Gasteiger partial charge in [0.1, 0.15) is 0 Å². The molecule has 4 rings (SSSR count). The van der Waals surface area contributed by atoms with E-state index in [1.54, 1.807) is 4.68 Å². The normalized spacial score (nSPS) is 16.2. The van der Waals surface area contributed by atoms with Crippen molar-refractivity contribution in [1.29, 1.82) is 0 Å². The molecule has 1 amide bonds. The summed E-state index contributed by atoms with van der Waals surface area (Å²) < 4.78 is 1.68. The van der Waals surface area contributed by atoms with Crippen LogP contribution in [0.4, 0.5) is 5.69 Å². The molecule has 0 radical (unpaired) electrons. The number of aromatic nitrogens is 4. The van der Waals surface area contributed by atoms with Crippen molar-refractivity contribution >= 4 is 11.6 Å². The van der Waals surface area contributed by atoms with Crippen LogP contribution < -0.4 is 4.90 Å². The fourth-order valence-electron chi connectivity index (χ4n) is 3.88. The highest BCUT2D eigenvalue weighted by atomic mass is 16.2. The number of tetrazole rings is 1. The second-order valence-electron chi connectivity index (χ2n) is 7.69. The number of rotatable bonds is 6. The monoisotopic (exact) mass is 390 g/mol. The lowest BCUT2D eigenvalue weighted by atomic mass is 10.1. The van der Waals surface area contributed by atoms with E-state index in [4.69, 9.17) is 0 Å². The van der Waals surface area contributed by atoms with Gasteiger partial charge in [0.15, 0.2) is 5.82 Å². The Bertz CT molecular complexity index is 953. The van der Waals surface area contributed by atoms with Crippen LogP contribution in [-0.2, 0) is 11.2 Å². The first kappa shape index (κ1) is 19.1. The van der Waals surface area contributed by atoms with E-state index in [1.807, 2.05) is 49.2 Å². The fraction of sp³-hybridized carbons (Fsp3) is 0.364. The second-order valence-corrected chi connectivity index (χ2v) is 7.69. The van der Waals surface area contributed by atoms with E-state index in [2.05, 4.69) is 44.7 Å². The van der Waals surface area contributed by atoms with Gasteiger partial charge in [0.05, 0.1) is 12.1 Å². The van der Waals surface area contributed by atoms with E-state index in [9.17, 15) is 4.79 Å². The summed E-state index contributed by atoms with van der Waals surface area (Å²) in [5.41, 5.74) is 3.15. The number of anilines is 1. The highest BCUT2D eigenvalue weighted by Gasteiger charge is 2.25. The van der Waals surface area contributed by atoms with Crippen molar-refractivity contribution in [3.8, 4) is 5.69 Å².